The quantitative estimate of drug-likeness (QED) is 0.497. The van der Waals surface area contributed by atoms with E-state index in [0.717, 1.165) is 32.4 Å². The smallest absolute Gasteiger partial charge is 0.324 e. The van der Waals surface area contributed by atoms with Crippen LogP contribution in [0.4, 0.5) is 11.4 Å². The Bertz CT molecular complexity index is 1360. The zero-order chi connectivity index (χ0) is 25.3. The molecule has 0 unspecified atom stereocenters. The Balaban J connectivity index is 1.79. The molecule has 1 heterocycles. The van der Waals surface area contributed by atoms with Crippen LogP contribution in [0.25, 0.3) is 0 Å². The van der Waals surface area contributed by atoms with E-state index in [1.807, 2.05) is 49.4 Å². The van der Waals surface area contributed by atoms with Gasteiger partial charge in [-0.25, -0.2) is 8.42 Å². The Hall–Kier alpha value is -3.52. The third-order valence-corrected chi connectivity index (χ3v) is 8.42. The van der Waals surface area contributed by atoms with E-state index in [-0.39, 0.29) is 4.90 Å². The Labute approximate surface area is 206 Å². The van der Waals surface area contributed by atoms with Gasteiger partial charge in [0.25, 0.3) is 10.0 Å². The minimum atomic E-state index is -4.12. The Morgan fingerprint density at radius 3 is 2.40 bits per heavy atom. The van der Waals surface area contributed by atoms with Gasteiger partial charge in [0.05, 0.1) is 17.7 Å². The van der Waals surface area contributed by atoms with Crippen LogP contribution in [0.3, 0.4) is 0 Å². The number of benzene rings is 3. The fraction of sp³-hybridized carbons (Fsp3) is 0.296. The lowest BCUT2D eigenvalue weighted by molar-refractivity contribution is -0.135. The second-order valence-corrected chi connectivity index (χ2v) is 10.7. The van der Waals surface area contributed by atoms with Gasteiger partial charge >= 0.3 is 5.97 Å². The molecular formula is C27H30N2O5S. The summed E-state index contributed by atoms with van der Waals surface area (Å²) in [6.07, 6.45) is 0.609. The van der Waals surface area contributed by atoms with Gasteiger partial charge in [-0.05, 0) is 56.5 Å². The van der Waals surface area contributed by atoms with Crippen LogP contribution in [-0.2, 0) is 27.8 Å². The number of carboxylic acid groups (broad SMARTS) is 1. The molecule has 0 fully saturated rings. The van der Waals surface area contributed by atoms with Crippen LogP contribution in [0, 0.1) is 20.8 Å². The van der Waals surface area contributed by atoms with E-state index < -0.39 is 22.5 Å². The SMILES string of the molecule is COc1ccccc1CN1CCc2c1cccc2N(CC(=O)O)S(=O)(=O)c1c(C)cc(C)cc1C. The van der Waals surface area contributed by atoms with Crippen molar-refractivity contribution in [3.63, 3.8) is 0 Å². The number of ether oxygens (including phenoxy) is 1. The molecule has 0 atom stereocenters. The van der Waals surface area contributed by atoms with E-state index in [2.05, 4.69) is 4.90 Å². The van der Waals surface area contributed by atoms with Crippen molar-refractivity contribution < 1.29 is 23.1 Å². The monoisotopic (exact) mass is 494 g/mol. The number of nitrogens with zero attached hydrogens (tertiary/aromatic N) is 2. The van der Waals surface area contributed by atoms with Crippen LogP contribution in [0.15, 0.2) is 59.5 Å². The molecule has 4 rings (SSSR count). The first-order chi connectivity index (χ1) is 16.6. The standard InChI is InChI=1S/C27H30N2O5S/c1-18-14-19(2)27(20(3)15-18)35(32,33)29(17-26(30)31)24-10-7-9-23-22(24)12-13-28(23)16-21-8-5-6-11-25(21)34-4/h5-11,14-15H,12-13,16-17H2,1-4H3,(H,30,31). The molecule has 1 aliphatic heterocycles. The van der Waals surface area contributed by atoms with Crippen molar-refractivity contribution in [2.24, 2.45) is 0 Å². The van der Waals surface area contributed by atoms with Gasteiger partial charge < -0.3 is 14.7 Å². The number of para-hydroxylation sites is 1. The van der Waals surface area contributed by atoms with Crippen molar-refractivity contribution in [3.05, 3.63) is 82.4 Å². The van der Waals surface area contributed by atoms with Crippen LogP contribution in [0.1, 0.15) is 27.8 Å². The summed E-state index contributed by atoms with van der Waals surface area (Å²) in [6, 6.07) is 16.8. The van der Waals surface area contributed by atoms with Crippen molar-refractivity contribution in [2.75, 3.05) is 29.4 Å². The number of anilines is 2. The van der Waals surface area contributed by atoms with Gasteiger partial charge in [0.2, 0.25) is 0 Å². The summed E-state index contributed by atoms with van der Waals surface area (Å²) in [6.45, 7) is 6.03. The third-order valence-electron chi connectivity index (χ3n) is 6.35. The number of aliphatic carboxylic acids is 1. The van der Waals surface area contributed by atoms with Gasteiger partial charge in [-0.1, -0.05) is 42.0 Å². The predicted molar refractivity (Wildman–Crippen MR) is 137 cm³/mol. The molecule has 7 nitrogen and oxygen atoms in total. The highest BCUT2D eigenvalue weighted by molar-refractivity contribution is 7.93. The number of hydrogen-bond donors (Lipinski definition) is 1. The van der Waals surface area contributed by atoms with E-state index >= 15 is 0 Å². The van der Waals surface area contributed by atoms with Crippen molar-refractivity contribution in [1.82, 2.24) is 0 Å². The minimum Gasteiger partial charge on any atom is -0.496 e. The maximum atomic E-state index is 13.9. The van der Waals surface area contributed by atoms with Crippen molar-refractivity contribution >= 4 is 27.4 Å². The number of fused-ring (bicyclic) bond motifs is 1. The number of methoxy groups -OCH3 is 1. The number of carbonyl (C=O) groups is 1. The second-order valence-electron chi connectivity index (χ2n) is 8.89. The highest BCUT2D eigenvalue weighted by atomic mass is 32.2. The third kappa shape index (κ3) is 4.71. The fourth-order valence-electron chi connectivity index (χ4n) is 5.03. The van der Waals surface area contributed by atoms with Crippen molar-refractivity contribution in [2.45, 2.75) is 38.6 Å². The predicted octanol–water partition coefficient (Wildman–Crippen LogP) is 4.46. The lowest BCUT2D eigenvalue weighted by Gasteiger charge is -2.27. The first-order valence-electron chi connectivity index (χ1n) is 11.4. The zero-order valence-electron chi connectivity index (χ0n) is 20.4. The van der Waals surface area contributed by atoms with E-state index in [9.17, 15) is 18.3 Å². The minimum absolute atomic E-state index is 0.158. The summed E-state index contributed by atoms with van der Waals surface area (Å²) in [5, 5.41) is 9.66. The summed E-state index contributed by atoms with van der Waals surface area (Å²) < 4.78 is 34.4. The van der Waals surface area contributed by atoms with Crippen LogP contribution < -0.4 is 13.9 Å². The molecule has 0 saturated carbocycles. The van der Waals surface area contributed by atoms with Gasteiger partial charge in [-0.15, -0.1) is 0 Å². The summed E-state index contributed by atoms with van der Waals surface area (Å²) in [7, 11) is -2.48. The van der Waals surface area contributed by atoms with Crippen molar-refractivity contribution in [1.29, 1.82) is 0 Å². The molecule has 0 aromatic heterocycles. The molecule has 0 saturated heterocycles. The summed E-state index contributed by atoms with van der Waals surface area (Å²) in [5.41, 5.74) is 5.31. The van der Waals surface area contributed by atoms with E-state index in [4.69, 9.17) is 4.74 Å². The van der Waals surface area contributed by atoms with E-state index in [0.29, 0.717) is 36.3 Å². The van der Waals surface area contributed by atoms with E-state index in [1.54, 1.807) is 33.1 Å². The van der Waals surface area contributed by atoms with Crippen LogP contribution >= 0.6 is 0 Å². The molecule has 8 heteroatoms. The second kappa shape index (κ2) is 9.62. The Kier molecular flexibility index (Phi) is 6.76. The first kappa shape index (κ1) is 24.6. The molecule has 0 radical (unpaired) electrons. The first-order valence-corrected chi connectivity index (χ1v) is 12.9. The molecule has 0 bridgehead atoms. The number of aryl methyl sites for hydroxylation is 3. The molecule has 0 amide bonds. The highest BCUT2D eigenvalue weighted by Gasteiger charge is 2.34. The number of rotatable bonds is 8. The molecule has 184 valence electrons. The fourth-order valence-corrected chi connectivity index (χ4v) is 6.89. The maximum absolute atomic E-state index is 13.9. The van der Waals surface area contributed by atoms with Gasteiger partial charge in [0, 0.05) is 29.9 Å². The average molecular weight is 495 g/mol. The number of carboxylic acids is 1. The molecular weight excluding hydrogens is 464 g/mol. The molecule has 3 aromatic rings. The molecule has 35 heavy (non-hydrogen) atoms. The molecule has 0 aliphatic carbocycles. The van der Waals surface area contributed by atoms with Gasteiger partial charge in [0.1, 0.15) is 12.3 Å². The molecule has 1 aliphatic rings. The Morgan fingerprint density at radius 1 is 1.06 bits per heavy atom. The number of hydrogen-bond acceptors (Lipinski definition) is 5. The van der Waals surface area contributed by atoms with Crippen LogP contribution in [0.5, 0.6) is 5.75 Å². The Morgan fingerprint density at radius 2 is 1.74 bits per heavy atom. The topological polar surface area (TPSA) is 87.2 Å². The normalized spacial score (nSPS) is 13.0. The number of sulfonamides is 1. The van der Waals surface area contributed by atoms with Gasteiger partial charge in [-0.3, -0.25) is 9.10 Å². The maximum Gasteiger partial charge on any atom is 0.324 e. The lowest BCUT2D eigenvalue weighted by Crippen LogP contribution is -2.37. The highest BCUT2D eigenvalue weighted by Crippen LogP contribution is 2.39. The molecule has 0 spiro atoms. The summed E-state index contributed by atoms with van der Waals surface area (Å²) in [4.78, 5) is 14.2. The van der Waals surface area contributed by atoms with E-state index in [1.165, 1.54) is 0 Å². The van der Waals surface area contributed by atoms with Gasteiger partial charge in [0.15, 0.2) is 0 Å². The summed E-state index contributed by atoms with van der Waals surface area (Å²) >= 11 is 0. The lowest BCUT2D eigenvalue weighted by atomic mass is 10.1. The van der Waals surface area contributed by atoms with Gasteiger partial charge in [-0.2, -0.15) is 0 Å². The van der Waals surface area contributed by atoms with Crippen LogP contribution in [0.2, 0.25) is 0 Å². The molecule has 1 N–H and O–H groups in total. The molecule has 3 aromatic carbocycles. The largest absolute Gasteiger partial charge is 0.496 e. The zero-order valence-corrected chi connectivity index (χ0v) is 21.2. The van der Waals surface area contributed by atoms with Crippen molar-refractivity contribution in [3.8, 4) is 5.75 Å². The summed E-state index contributed by atoms with van der Waals surface area (Å²) in [5.74, 6) is -0.421. The average Bonchev–Trinajstić information content (AvgIpc) is 3.20. The van der Waals surface area contributed by atoms with Crippen LogP contribution in [-0.4, -0.2) is 39.7 Å².